The molecule has 3 aromatic carbocycles. The molecular formula is C24H21N3O2S. The van der Waals surface area contributed by atoms with Crippen LogP contribution in [0.5, 0.6) is 5.75 Å². The number of ether oxygens (including phenoxy) is 1. The Balaban J connectivity index is 1.47. The fraction of sp³-hybridized carbons (Fsp3) is 0.0417. The Labute approximate surface area is 181 Å². The number of nitrogens with one attached hydrogen (secondary N) is 2. The third-order valence-corrected chi connectivity index (χ3v) is 4.16. The summed E-state index contributed by atoms with van der Waals surface area (Å²) in [5.74, 6) is 0.0222. The minimum atomic E-state index is -0.436. The number of carbonyl (C=O) groups excluding carboxylic acids is 1. The monoisotopic (exact) mass is 415 g/mol. The molecule has 0 bridgehead atoms. The number of thiocarbonyl (C=S) groups is 1. The number of carbonyl (C=O) groups is 1. The predicted octanol–water partition coefficient (Wildman–Crippen LogP) is 4.93. The molecule has 150 valence electrons. The fourth-order valence-electron chi connectivity index (χ4n) is 2.55. The van der Waals surface area contributed by atoms with Gasteiger partial charge in [-0.3, -0.25) is 5.43 Å². The molecule has 30 heavy (non-hydrogen) atoms. The molecule has 3 rings (SSSR count). The third kappa shape index (κ3) is 7.00. The molecule has 2 N–H and O–H groups in total. The number of nitrogens with zero attached hydrogens (tertiary/aromatic N) is 1. The van der Waals surface area contributed by atoms with Gasteiger partial charge in [-0.25, -0.2) is 4.79 Å². The van der Waals surface area contributed by atoms with E-state index in [2.05, 4.69) is 15.8 Å². The molecule has 0 spiro atoms. The van der Waals surface area contributed by atoms with E-state index in [4.69, 9.17) is 17.0 Å². The summed E-state index contributed by atoms with van der Waals surface area (Å²) in [6.07, 6.45) is 4.74. The largest absolute Gasteiger partial charge is 0.423 e. The van der Waals surface area contributed by atoms with Crippen LogP contribution in [0.25, 0.3) is 6.08 Å². The van der Waals surface area contributed by atoms with E-state index in [-0.39, 0.29) is 0 Å². The Morgan fingerprint density at radius 1 is 0.967 bits per heavy atom. The minimum absolute atomic E-state index is 0.396. The molecule has 0 unspecified atom stereocenters. The maximum atomic E-state index is 11.9. The highest BCUT2D eigenvalue weighted by Crippen LogP contribution is 2.12. The maximum absolute atomic E-state index is 11.9. The average Bonchev–Trinajstić information content (AvgIpc) is 2.74. The van der Waals surface area contributed by atoms with Gasteiger partial charge in [0.15, 0.2) is 5.11 Å². The lowest BCUT2D eigenvalue weighted by atomic mass is 10.2. The first kappa shape index (κ1) is 21.0. The Bertz CT molecular complexity index is 1060. The molecule has 0 saturated carbocycles. The van der Waals surface area contributed by atoms with E-state index in [1.165, 1.54) is 6.08 Å². The van der Waals surface area contributed by atoms with E-state index in [1.54, 1.807) is 36.6 Å². The Morgan fingerprint density at radius 3 is 2.47 bits per heavy atom. The van der Waals surface area contributed by atoms with Gasteiger partial charge in [-0.15, -0.1) is 0 Å². The summed E-state index contributed by atoms with van der Waals surface area (Å²) in [6.45, 7) is 2.01. The highest BCUT2D eigenvalue weighted by molar-refractivity contribution is 7.80. The molecule has 0 aromatic heterocycles. The smallest absolute Gasteiger partial charge is 0.336 e. The van der Waals surface area contributed by atoms with E-state index in [1.807, 2.05) is 61.5 Å². The van der Waals surface area contributed by atoms with Crippen LogP contribution in [-0.4, -0.2) is 17.3 Å². The lowest BCUT2D eigenvalue weighted by Crippen LogP contribution is -2.23. The van der Waals surface area contributed by atoms with Gasteiger partial charge in [0.1, 0.15) is 5.75 Å². The molecule has 3 aromatic rings. The lowest BCUT2D eigenvalue weighted by Gasteiger charge is -2.07. The summed E-state index contributed by atoms with van der Waals surface area (Å²) >= 11 is 5.22. The summed E-state index contributed by atoms with van der Waals surface area (Å²) in [5.41, 5.74) is 6.58. The zero-order valence-corrected chi connectivity index (χ0v) is 17.2. The van der Waals surface area contributed by atoms with Crippen LogP contribution < -0.4 is 15.5 Å². The van der Waals surface area contributed by atoms with Gasteiger partial charge in [0.2, 0.25) is 0 Å². The van der Waals surface area contributed by atoms with Gasteiger partial charge in [-0.2, -0.15) is 5.10 Å². The van der Waals surface area contributed by atoms with E-state index in [0.29, 0.717) is 10.9 Å². The SMILES string of the molecule is Cc1cccc(NC(=S)N/N=C/c2ccc(OC(=O)/C=C/c3ccccc3)cc2)c1. The van der Waals surface area contributed by atoms with Gasteiger partial charge in [-0.05, 0) is 78.3 Å². The molecular weight excluding hydrogens is 394 g/mol. The van der Waals surface area contributed by atoms with Crippen LogP contribution >= 0.6 is 12.2 Å². The fourth-order valence-corrected chi connectivity index (χ4v) is 2.72. The number of anilines is 1. The van der Waals surface area contributed by atoms with Gasteiger partial charge < -0.3 is 10.1 Å². The first-order valence-electron chi connectivity index (χ1n) is 9.30. The van der Waals surface area contributed by atoms with Crippen molar-refractivity contribution in [3.63, 3.8) is 0 Å². The molecule has 0 heterocycles. The first-order chi connectivity index (χ1) is 14.6. The van der Waals surface area contributed by atoms with Crippen molar-refractivity contribution < 1.29 is 9.53 Å². The molecule has 0 fully saturated rings. The van der Waals surface area contributed by atoms with Gasteiger partial charge in [-0.1, -0.05) is 42.5 Å². The average molecular weight is 416 g/mol. The van der Waals surface area contributed by atoms with Crippen LogP contribution in [0.4, 0.5) is 5.69 Å². The first-order valence-corrected chi connectivity index (χ1v) is 9.71. The van der Waals surface area contributed by atoms with Crippen LogP contribution in [0.3, 0.4) is 0 Å². The Morgan fingerprint density at radius 2 is 1.73 bits per heavy atom. The minimum Gasteiger partial charge on any atom is -0.423 e. The molecule has 0 aliphatic heterocycles. The normalized spacial score (nSPS) is 10.8. The number of esters is 1. The summed E-state index contributed by atoms with van der Waals surface area (Å²) in [5, 5.41) is 7.58. The molecule has 0 aliphatic carbocycles. The van der Waals surface area contributed by atoms with Crippen molar-refractivity contribution in [3.05, 3.63) is 102 Å². The van der Waals surface area contributed by atoms with Gasteiger partial charge in [0.25, 0.3) is 0 Å². The predicted molar refractivity (Wildman–Crippen MR) is 126 cm³/mol. The number of hydrogen-bond acceptors (Lipinski definition) is 4. The quantitative estimate of drug-likeness (QED) is 0.149. The van der Waals surface area contributed by atoms with Gasteiger partial charge in [0, 0.05) is 11.8 Å². The van der Waals surface area contributed by atoms with E-state index in [9.17, 15) is 4.79 Å². The highest BCUT2D eigenvalue weighted by Gasteiger charge is 2.01. The highest BCUT2D eigenvalue weighted by atomic mass is 32.1. The molecule has 0 amide bonds. The van der Waals surface area contributed by atoms with Crippen LogP contribution in [0.15, 0.2) is 90.0 Å². The topological polar surface area (TPSA) is 62.7 Å². The summed E-state index contributed by atoms with van der Waals surface area (Å²) in [6, 6.07) is 24.5. The van der Waals surface area contributed by atoms with E-state index >= 15 is 0 Å². The van der Waals surface area contributed by atoms with Gasteiger partial charge in [0.05, 0.1) is 6.21 Å². The number of hydrogen-bond donors (Lipinski definition) is 2. The molecule has 0 radical (unpaired) electrons. The lowest BCUT2D eigenvalue weighted by molar-refractivity contribution is -0.128. The van der Waals surface area contributed by atoms with Crippen LogP contribution in [0.1, 0.15) is 16.7 Å². The standard InChI is InChI=1S/C24H21N3O2S/c1-18-6-5-9-21(16-18)26-24(30)27-25-17-20-10-13-22(14-11-20)29-23(28)15-12-19-7-3-2-4-8-19/h2-17H,1H3,(H2,26,27,30)/b15-12+,25-17+. The second kappa shape index (κ2) is 10.7. The molecule has 0 saturated heterocycles. The van der Waals surface area contributed by atoms with Crippen LogP contribution in [0.2, 0.25) is 0 Å². The number of rotatable bonds is 6. The number of hydrazone groups is 1. The van der Waals surface area contributed by atoms with E-state index in [0.717, 1.165) is 22.4 Å². The molecule has 0 aliphatic rings. The molecule has 6 heteroatoms. The van der Waals surface area contributed by atoms with Crippen molar-refractivity contribution in [2.75, 3.05) is 5.32 Å². The summed E-state index contributed by atoms with van der Waals surface area (Å²) in [4.78, 5) is 11.9. The maximum Gasteiger partial charge on any atom is 0.336 e. The van der Waals surface area contributed by atoms with Crippen LogP contribution in [-0.2, 0) is 4.79 Å². The second-order valence-corrected chi connectivity index (χ2v) is 6.84. The van der Waals surface area contributed by atoms with Gasteiger partial charge >= 0.3 is 5.97 Å². The zero-order chi connectivity index (χ0) is 21.2. The summed E-state index contributed by atoms with van der Waals surface area (Å²) in [7, 11) is 0. The van der Waals surface area contributed by atoms with Crippen molar-refractivity contribution in [2.24, 2.45) is 5.10 Å². The Hall–Kier alpha value is -3.77. The Kier molecular flexibility index (Phi) is 7.46. The van der Waals surface area contributed by atoms with E-state index < -0.39 is 5.97 Å². The number of benzene rings is 3. The third-order valence-electron chi connectivity index (χ3n) is 3.97. The van der Waals surface area contributed by atoms with Crippen molar-refractivity contribution >= 4 is 41.3 Å². The van der Waals surface area contributed by atoms with Crippen LogP contribution in [0, 0.1) is 6.92 Å². The van der Waals surface area contributed by atoms with Crippen molar-refractivity contribution in [2.45, 2.75) is 6.92 Å². The molecule has 5 nitrogen and oxygen atoms in total. The summed E-state index contributed by atoms with van der Waals surface area (Å²) < 4.78 is 5.29. The zero-order valence-electron chi connectivity index (χ0n) is 16.4. The van der Waals surface area contributed by atoms with Crippen molar-refractivity contribution in [1.29, 1.82) is 0 Å². The number of aryl methyl sites for hydroxylation is 1. The van der Waals surface area contributed by atoms with Crippen molar-refractivity contribution in [3.8, 4) is 5.75 Å². The van der Waals surface area contributed by atoms with Crippen molar-refractivity contribution in [1.82, 2.24) is 5.43 Å². The molecule has 0 atom stereocenters. The second-order valence-electron chi connectivity index (χ2n) is 6.43.